The summed E-state index contributed by atoms with van der Waals surface area (Å²) in [7, 11) is 0. The van der Waals surface area contributed by atoms with Gasteiger partial charge in [0.1, 0.15) is 0 Å². The first-order valence-corrected chi connectivity index (χ1v) is 7.99. The summed E-state index contributed by atoms with van der Waals surface area (Å²) in [5.41, 5.74) is 1.40. The van der Waals surface area contributed by atoms with Crippen LogP contribution in [0.5, 0.6) is 5.75 Å². The predicted molar refractivity (Wildman–Crippen MR) is 88.3 cm³/mol. The van der Waals surface area contributed by atoms with Gasteiger partial charge in [0.05, 0.1) is 5.60 Å². The summed E-state index contributed by atoms with van der Waals surface area (Å²) in [4.78, 5) is 11.9. The molecule has 0 spiro atoms. The molecule has 5 heteroatoms. The maximum Gasteiger partial charge on any atom is 0.258 e. The molecule has 1 atom stereocenters. The number of para-hydroxylation sites is 1. The molecule has 1 amide bonds. The summed E-state index contributed by atoms with van der Waals surface area (Å²) >= 11 is 0. The van der Waals surface area contributed by atoms with Crippen LogP contribution in [0, 0.1) is 5.82 Å². The highest BCUT2D eigenvalue weighted by Gasteiger charge is 2.32. The molecule has 0 fully saturated rings. The quantitative estimate of drug-likeness (QED) is 0.884. The van der Waals surface area contributed by atoms with Crippen LogP contribution in [0.4, 0.5) is 4.39 Å². The number of ether oxygens (including phenoxy) is 1. The maximum atomic E-state index is 13.4. The molecule has 24 heavy (non-hydrogen) atoms. The third-order valence-electron chi connectivity index (χ3n) is 4.31. The van der Waals surface area contributed by atoms with Gasteiger partial charge < -0.3 is 15.2 Å². The number of aryl methyl sites for hydroxylation is 1. The van der Waals surface area contributed by atoms with Gasteiger partial charge in [-0.2, -0.15) is 0 Å². The van der Waals surface area contributed by atoms with Gasteiger partial charge in [0.25, 0.3) is 5.91 Å². The SMILES string of the molecule is O=C(COc1ccccc1F)NCC1(O)CCc2ccccc2C1. The van der Waals surface area contributed by atoms with Crippen molar-refractivity contribution in [1.82, 2.24) is 5.32 Å². The second kappa shape index (κ2) is 7.01. The van der Waals surface area contributed by atoms with Crippen molar-refractivity contribution in [2.75, 3.05) is 13.2 Å². The van der Waals surface area contributed by atoms with Crippen molar-refractivity contribution in [2.45, 2.75) is 24.9 Å². The van der Waals surface area contributed by atoms with E-state index in [4.69, 9.17) is 4.74 Å². The van der Waals surface area contributed by atoms with Gasteiger partial charge in [-0.15, -0.1) is 0 Å². The van der Waals surface area contributed by atoms with E-state index in [1.807, 2.05) is 18.2 Å². The molecule has 0 heterocycles. The van der Waals surface area contributed by atoms with Crippen LogP contribution in [-0.2, 0) is 17.6 Å². The predicted octanol–water partition coefficient (Wildman–Crippen LogP) is 2.24. The summed E-state index contributed by atoms with van der Waals surface area (Å²) in [6.07, 6.45) is 1.89. The number of hydrogen-bond donors (Lipinski definition) is 2. The van der Waals surface area contributed by atoms with Crippen LogP contribution in [0.1, 0.15) is 17.5 Å². The second-order valence-electron chi connectivity index (χ2n) is 6.17. The molecule has 3 rings (SSSR count). The molecule has 1 aliphatic carbocycles. The molecule has 0 saturated heterocycles. The van der Waals surface area contributed by atoms with Crippen LogP contribution in [0.15, 0.2) is 48.5 Å². The van der Waals surface area contributed by atoms with Gasteiger partial charge in [-0.3, -0.25) is 4.79 Å². The molecule has 0 bridgehead atoms. The minimum absolute atomic E-state index is 0.0398. The molecule has 2 N–H and O–H groups in total. The first-order valence-electron chi connectivity index (χ1n) is 7.99. The Kier molecular flexibility index (Phi) is 4.81. The number of fused-ring (bicyclic) bond motifs is 1. The molecule has 2 aromatic carbocycles. The Morgan fingerprint density at radius 3 is 2.67 bits per heavy atom. The zero-order valence-electron chi connectivity index (χ0n) is 13.3. The Balaban J connectivity index is 1.50. The van der Waals surface area contributed by atoms with Crippen LogP contribution < -0.4 is 10.1 Å². The van der Waals surface area contributed by atoms with Crippen LogP contribution >= 0.6 is 0 Å². The molecule has 0 saturated carbocycles. The number of benzene rings is 2. The fraction of sp³-hybridized carbons (Fsp3) is 0.316. The lowest BCUT2D eigenvalue weighted by Gasteiger charge is -2.33. The lowest BCUT2D eigenvalue weighted by molar-refractivity contribution is -0.124. The van der Waals surface area contributed by atoms with Gasteiger partial charge >= 0.3 is 0 Å². The molecule has 0 aliphatic heterocycles. The van der Waals surface area contributed by atoms with Crippen molar-refractivity contribution in [3.05, 3.63) is 65.5 Å². The lowest BCUT2D eigenvalue weighted by atomic mass is 9.80. The van der Waals surface area contributed by atoms with Gasteiger partial charge in [0.2, 0.25) is 0 Å². The number of halogens is 1. The van der Waals surface area contributed by atoms with E-state index in [1.165, 1.54) is 17.7 Å². The van der Waals surface area contributed by atoms with Gasteiger partial charge in [0.15, 0.2) is 18.2 Å². The smallest absolute Gasteiger partial charge is 0.258 e. The van der Waals surface area contributed by atoms with Gasteiger partial charge in [-0.25, -0.2) is 4.39 Å². The maximum absolute atomic E-state index is 13.4. The number of rotatable bonds is 5. The Morgan fingerprint density at radius 1 is 1.17 bits per heavy atom. The van der Waals surface area contributed by atoms with E-state index in [0.29, 0.717) is 12.8 Å². The summed E-state index contributed by atoms with van der Waals surface area (Å²) in [5.74, 6) is -0.851. The van der Waals surface area contributed by atoms with E-state index >= 15 is 0 Å². The minimum Gasteiger partial charge on any atom is -0.481 e. The fourth-order valence-electron chi connectivity index (χ4n) is 2.95. The van der Waals surface area contributed by atoms with Crippen molar-refractivity contribution in [3.63, 3.8) is 0 Å². The highest BCUT2D eigenvalue weighted by atomic mass is 19.1. The van der Waals surface area contributed by atoms with Gasteiger partial charge in [0, 0.05) is 13.0 Å². The third-order valence-corrected chi connectivity index (χ3v) is 4.31. The van der Waals surface area contributed by atoms with Crippen LogP contribution in [0.2, 0.25) is 0 Å². The van der Waals surface area contributed by atoms with Gasteiger partial charge in [-0.1, -0.05) is 36.4 Å². The molecule has 0 radical (unpaired) electrons. The molecule has 126 valence electrons. The summed E-state index contributed by atoms with van der Waals surface area (Å²) < 4.78 is 18.6. The molecular formula is C19H20FNO3. The molecule has 1 unspecified atom stereocenters. The third kappa shape index (κ3) is 3.92. The van der Waals surface area contributed by atoms with Crippen molar-refractivity contribution >= 4 is 5.91 Å². The number of hydrogen-bond acceptors (Lipinski definition) is 3. The first-order chi connectivity index (χ1) is 11.6. The number of carbonyl (C=O) groups is 1. The summed E-state index contributed by atoms with van der Waals surface area (Å²) in [6, 6.07) is 13.9. The summed E-state index contributed by atoms with van der Waals surface area (Å²) in [5, 5.41) is 13.4. The van der Waals surface area contributed by atoms with Crippen molar-refractivity contribution < 1.29 is 19.0 Å². The first kappa shape index (κ1) is 16.5. The van der Waals surface area contributed by atoms with Crippen LogP contribution in [0.3, 0.4) is 0 Å². The highest BCUT2D eigenvalue weighted by molar-refractivity contribution is 5.77. The van der Waals surface area contributed by atoms with Crippen molar-refractivity contribution in [3.8, 4) is 5.75 Å². The number of aliphatic hydroxyl groups is 1. The van der Waals surface area contributed by atoms with Crippen LogP contribution in [0.25, 0.3) is 0 Å². The average molecular weight is 329 g/mol. The Bertz CT molecular complexity index is 734. The van der Waals surface area contributed by atoms with E-state index < -0.39 is 11.4 Å². The zero-order chi connectivity index (χ0) is 17.0. The summed E-state index contributed by atoms with van der Waals surface area (Å²) in [6.45, 7) is -0.131. The van der Waals surface area contributed by atoms with Crippen molar-refractivity contribution in [1.29, 1.82) is 0 Å². The highest BCUT2D eigenvalue weighted by Crippen LogP contribution is 2.28. The van der Waals surface area contributed by atoms with E-state index in [1.54, 1.807) is 12.1 Å². The van der Waals surface area contributed by atoms with Crippen LogP contribution in [-0.4, -0.2) is 29.8 Å². The Hall–Kier alpha value is -2.40. The normalized spacial score (nSPS) is 19.4. The molecule has 4 nitrogen and oxygen atoms in total. The molecule has 1 aliphatic rings. The lowest BCUT2D eigenvalue weighted by Crippen LogP contribution is -2.47. The van der Waals surface area contributed by atoms with Gasteiger partial charge in [-0.05, 0) is 36.1 Å². The zero-order valence-corrected chi connectivity index (χ0v) is 13.3. The Labute approximate surface area is 140 Å². The topological polar surface area (TPSA) is 58.6 Å². The standard InChI is InChI=1S/C19H20FNO3/c20-16-7-3-4-8-17(16)24-12-18(22)21-13-19(23)10-9-14-5-1-2-6-15(14)11-19/h1-8,23H,9-13H2,(H,21,22). The molecule has 2 aromatic rings. The van der Waals surface area contributed by atoms with E-state index in [2.05, 4.69) is 11.4 Å². The molecular weight excluding hydrogens is 309 g/mol. The number of carbonyl (C=O) groups excluding carboxylic acids is 1. The molecule has 0 aromatic heterocycles. The van der Waals surface area contributed by atoms with E-state index in [9.17, 15) is 14.3 Å². The average Bonchev–Trinajstić information content (AvgIpc) is 2.59. The monoisotopic (exact) mass is 329 g/mol. The van der Waals surface area contributed by atoms with Crippen molar-refractivity contribution in [2.24, 2.45) is 0 Å². The van der Waals surface area contributed by atoms with E-state index in [-0.39, 0.29) is 24.8 Å². The fourth-order valence-corrected chi connectivity index (χ4v) is 2.95. The van der Waals surface area contributed by atoms with E-state index in [0.717, 1.165) is 12.0 Å². The minimum atomic E-state index is -0.956. The number of amides is 1. The number of nitrogens with one attached hydrogen (secondary N) is 1. The second-order valence-corrected chi connectivity index (χ2v) is 6.17. The largest absolute Gasteiger partial charge is 0.481 e. The Morgan fingerprint density at radius 2 is 1.88 bits per heavy atom.